The average Bonchev–Trinajstić information content (AvgIpc) is 3.02. The van der Waals surface area contributed by atoms with Crippen molar-refractivity contribution in [2.75, 3.05) is 5.32 Å². The lowest BCUT2D eigenvalue weighted by Crippen LogP contribution is -2.15. The highest BCUT2D eigenvalue weighted by Crippen LogP contribution is 2.27. The van der Waals surface area contributed by atoms with E-state index in [4.69, 9.17) is 27.9 Å². The smallest absolute Gasteiger partial charge is 0.277 e. The first-order chi connectivity index (χ1) is 12.4. The highest BCUT2D eigenvalue weighted by atomic mass is 35.5. The summed E-state index contributed by atoms with van der Waals surface area (Å²) in [5.41, 5.74) is 2.11. The standard InChI is InChI=1S/C18H16Cl2N4O2/c1-11-7-12(2)21-17(8-11)22-18(25)15-5-6-24(23-15)10-26-16-4-3-13(19)9-14(16)20/h3-9H,10H2,1-2H3,(H,21,22,25). The zero-order valence-electron chi connectivity index (χ0n) is 14.2. The van der Waals surface area contributed by atoms with Gasteiger partial charge in [-0.1, -0.05) is 23.2 Å². The van der Waals surface area contributed by atoms with Crippen LogP contribution in [0.15, 0.2) is 42.6 Å². The van der Waals surface area contributed by atoms with Gasteiger partial charge in [-0.15, -0.1) is 0 Å². The van der Waals surface area contributed by atoms with Crippen LogP contribution in [0.1, 0.15) is 21.7 Å². The molecule has 1 N–H and O–H groups in total. The number of hydrogen-bond donors (Lipinski definition) is 1. The highest BCUT2D eigenvalue weighted by molar-refractivity contribution is 6.35. The lowest BCUT2D eigenvalue weighted by molar-refractivity contribution is 0.102. The van der Waals surface area contributed by atoms with Crippen LogP contribution >= 0.6 is 23.2 Å². The first-order valence-electron chi connectivity index (χ1n) is 7.78. The van der Waals surface area contributed by atoms with Gasteiger partial charge < -0.3 is 10.1 Å². The Hall–Kier alpha value is -2.57. The topological polar surface area (TPSA) is 69.0 Å². The number of carbonyl (C=O) groups excluding carboxylic acids is 1. The lowest BCUT2D eigenvalue weighted by Gasteiger charge is -2.08. The van der Waals surface area contributed by atoms with Gasteiger partial charge in [0.05, 0.1) is 5.02 Å². The van der Waals surface area contributed by atoms with Gasteiger partial charge in [-0.05, 0) is 55.8 Å². The van der Waals surface area contributed by atoms with Crippen molar-refractivity contribution in [3.8, 4) is 5.75 Å². The van der Waals surface area contributed by atoms with Gasteiger partial charge in [0.15, 0.2) is 12.4 Å². The van der Waals surface area contributed by atoms with Crippen LogP contribution in [0.5, 0.6) is 5.75 Å². The minimum absolute atomic E-state index is 0.108. The molecule has 134 valence electrons. The molecule has 2 aromatic heterocycles. The second kappa shape index (κ2) is 7.76. The molecule has 26 heavy (non-hydrogen) atoms. The van der Waals surface area contributed by atoms with E-state index in [0.717, 1.165) is 11.3 Å². The number of nitrogens with one attached hydrogen (secondary N) is 1. The molecule has 0 spiro atoms. The summed E-state index contributed by atoms with van der Waals surface area (Å²) < 4.78 is 7.08. The molecule has 2 heterocycles. The molecule has 0 radical (unpaired) electrons. The predicted molar refractivity (Wildman–Crippen MR) is 101 cm³/mol. The molecule has 0 bridgehead atoms. The van der Waals surface area contributed by atoms with Crippen LogP contribution in [0, 0.1) is 13.8 Å². The van der Waals surface area contributed by atoms with E-state index in [1.54, 1.807) is 36.5 Å². The summed E-state index contributed by atoms with van der Waals surface area (Å²) in [6, 6.07) is 10.3. The van der Waals surface area contributed by atoms with Gasteiger partial charge in [-0.3, -0.25) is 4.79 Å². The second-order valence-corrected chi connectivity index (χ2v) is 6.56. The fourth-order valence-electron chi connectivity index (χ4n) is 2.37. The van der Waals surface area contributed by atoms with E-state index in [9.17, 15) is 4.79 Å². The van der Waals surface area contributed by atoms with Gasteiger partial charge in [0.25, 0.3) is 5.91 Å². The maximum atomic E-state index is 12.3. The maximum absolute atomic E-state index is 12.3. The van der Waals surface area contributed by atoms with Crippen LogP contribution in [-0.2, 0) is 6.73 Å². The number of ether oxygens (including phenoxy) is 1. The highest BCUT2D eigenvalue weighted by Gasteiger charge is 2.11. The van der Waals surface area contributed by atoms with Crippen molar-refractivity contribution in [2.24, 2.45) is 0 Å². The van der Waals surface area contributed by atoms with Crippen molar-refractivity contribution >= 4 is 34.9 Å². The number of aryl methyl sites for hydroxylation is 2. The minimum Gasteiger partial charge on any atom is -0.470 e. The summed E-state index contributed by atoms with van der Waals surface area (Å²) in [5, 5.41) is 7.87. The first kappa shape index (κ1) is 18.2. The van der Waals surface area contributed by atoms with Gasteiger partial charge in [0.2, 0.25) is 0 Å². The molecule has 0 fully saturated rings. The monoisotopic (exact) mass is 390 g/mol. The van der Waals surface area contributed by atoms with Gasteiger partial charge in [0.1, 0.15) is 11.6 Å². The number of amides is 1. The molecule has 0 unspecified atom stereocenters. The maximum Gasteiger partial charge on any atom is 0.277 e. The van der Waals surface area contributed by atoms with Crippen LogP contribution in [-0.4, -0.2) is 20.7 Å². The van der Waals surface area contributed by atoms with Crippen molar-refractivity contribution in [3.63, 3.8) is 0 Å². The fourth-order valence-corrected chi connectivity index (χ4v) is 2.83. The van der Waals surface area contributed by atoms with Crippen molar-refractivity contribution in [2.45, 2.75) is 20.6 Å². The third kappa shape index (κ3) is 4.53. The van der Waals surface area contributed by atoms with E-state index in [2.05, 4.69) is 15.4 Å². The summed E-state index contributed by atoms with van der Waals surface area (Å²) in [4.78, 5) is 16.6. The Morgan fingerprint density at radius 2 is 2.00 bits per heavy atom. The molecule has 1 aromatic carbocycles. The number of rotatable bonds is 5. The molecule has 0 aliphatic rings. The van der Waals surface area contributed by atoms with Crippen LogP contribution in [0.3, 0.4) is 0 Å². The Labute approximate surface area is 160 Å². The summed E-state index contributed by atoms with van der Waals surface area (Å²) in [5.74, 6) is 0.633. The number of carbonyl (C=O) groups is 1. The number of benzene rings is 1. The normalized spacial score (nSPS) is 10.6. The van der Waals surface area contributed by atoms with Crippen molar-refractivity contribution < 1.29 is 9.53 Å². The number of aromatic nitrogens is 3. The van der Waals surface area contributed by atoms with Crippen LogP contribution in [0.25, 0.3) is 0 Å². The molecule has 3 rings (SSSR count). The van der Waals surface area contributed by atoms with Crippen LogP contribution in [0.4, 0.5) is 5.82 Å². The predicted octanol–water partition coefficient (Wildman–Crippen LogP) is 4.49. The largest absolute Gasteiger partial charge is 0.470 e. The molecule has 6 nitrogen and oxygen atoms in total. The molecular weight excluding hydrogens is 375 g/mol. The van der Waals surface area contributed by atoms with E-state index in [1.807, 2.05) is 19.9 Å². The van der Waals surface area contributed by atoms with Crippen molar-refractivity contribution in [1.82, 2.24) is 14.8 Å². The molecule has 0 aliphatic heterocycles. The average molecular weight is 391 g/mol. The fraction of sp³-hybridized carbons (Fsp3) is 0.167. The van der Waals surface area contributed by atoms with Gasteiger partial charge in [-0.25, -0.2) is 9.67 Å². The van der Waals surface area contributed by atoms with Crippen LogP contribution < -0.4 is 10.1 Å². The summed E-state index contributed by atoms with van der Waals surface area (Å²) >= 11 is 11.9. The Balaban J connectivity index is 1.64. The zero-order chi connectivity index (χ0) is 18.7. The Bertz CT molecular complexity index is 936. The van der Waals surface area contributed by atoms with E-state index in [-0.39, 0.29) is 18.3 Å². The lowest BCUT2D eigenvalue weighted by atomic mass is 10.2. The minimum atomic E-state index is -0.342. The van der Waals surface area contributed by atoms with Gasteiger partial charge >= 0.3 is 0 Å². The third-order valence-corrected chi connectivity index (χ3v) is 3.99. The molecule has 1 amide bonds. The summed E-state index contributed by atoms with van der Waals surface area (Å²) in [6.45, 7) is 3.92. The molecule has 0 saturated heterocycles. The summed E-state index contributed by atoms with van der Waals surface area (Å²) in [7, 11) is 0. The van der Waals surface area contributed by atoms with Gasteiger partial charge in [0, 0.05) is 16.9 Å². The quantitative estimate of drug-likeness (QED) is 0.696. The Morgan fingerprint density at radius 1 is 1.19 bits per heavy atom. The zero-order valence-corrected chi connectivity index (χ0v) is 15.7. The number of anilines is 1. The third-order valence-electron chi connectivity index (χ3n) is 3.46. The van der Waals surface area contributed by atoms with Crippen LogP contribution in [0.2, 0.25) is 10.0 Å². The van der Waals surface area contributed by atoms with E-state index in [0.29, 0.717) is 21.6 Å². The summed E-state index contributed by atoms with van der Waals surface area (Å²) in [6.07, 6.45) is 1.65. The Kier molecular flexibility index (Phi) is 5.44. The molecule has 3 aromatic rings. The van der Waals surface area contributed by atoms with E-state index in [1.165, 1.54) is 4.68 Å². The first-order valence-corrected chi connectivity index (χ1v) is 8.54. The number of halogens is 2. The number of hydrogen-bond acceptors (Lipinski definition) is 4. The van der Waals surface area contributed by atoms with Gasteiger partial charge in [-0.2, -0.15) is 5.10 Å². The number of nitrogens with zero attached hydrogens (tertiary/aromatic N) is 3. The molecule has 8 heteroatoms. The van der Waals surface area contributed by atoms with Crippen molar-refractivity contribution in [3.05, 3.63) is 69.6 Å². The molecular formula is C18H16Cl2N4O2. The SMILES string of the molecule is Cc1cc(C)nc(NC(=O)c2ccn(COc3ccc(Cl)cc3Cl)n2)c1. The number of pyridine rings is 1. The second-order valence-electron chi connectivity index (χ2n) is 5.71. The van der Waals surface area contributed by atoms with Crippen molar-refractivity contribution in [1.29, 1.82) is 0 Å². The molecule has 0 saturated carbocycles. The Morgan fingerprint density at radius 3 is 2.73 bits per heavy atom. The van der Waals surface area contributed by atoms with E-state index < -0.39 is 0 Å². The van der Waals surface area contributed by atoms with E-state index >= 15 is 0 Å². The molecule has 0 atom stereocenters. The molecule has 0 aliphatic carbocycles.